The lowest BCUT2D eigenvalue weighted by molar-refractivity contribution is -0.388. The molecule has 7 nitrogen and oxygen atoms in total. The Balaban J connectivity index is 2.30. The number of aliphatic hydroxyl groups is 1. The van der Waals surface area contributed by atoms with Crippen LogP contribution in [-0.2, 0) is 6.54 Å². The highest BCUT2D eigenvalue weighted by atomic mass is 35.5. The van der Waals surface area contributed by atoms with Gasteiger partial charge in [-0.15, -0.1) is 11.6 Å². The molecule has 2 heterocycles. The Kier molecular flexibility index (Phi) is 4.03. The van der Waals surface area contributed by atoms with Crippen LogP contribution >= 0.6 is 11.6 Å². The number of imidazole rings is 1. The van der Waals surface area contributed by atoms with E-state index in [1.165, 1.54) is 6.33 Å². The van der Waals surface area contributed by atoms with E-state index in [-0.39, 0.29) is 18.2 Å². The number of anilines is 1. The van der Waals surface area contributed by atoms with E-state index in [0.717, 1.165) is 25.9 Å². The van der Waals surface area contributed by atoms with Gasteiger partial charge in [-0.1, -0.05) is 0 Å². The number of aromatic nitrogens is 2. The van der Waals surface area contributed by atoms with Gasteiger partial charge in [0.2, 0.25) is 12.1 Å². The monoisotopic (exact) mass is 274 g/mol. The van der Waals surface area contributed by atoms with Crippen LogP contribution in [0.1, 0.15) is 12.8 Å². The van der Waals surface area contributed by atoms with Crippen molar-refractivity contribution in [2.24, 2.45) is 0 Å². The van der Waals surface area contributed by atoms with E-state index in [2.05, 4.69) is 4.98 Å². The van der Waals surface area contributed by atoms with Crippen molar-refractivity contribution in [1.29, 1.82) is 0 Å². The quantitative estimate of drug-likeness (QED) is 0.492. The molecular formula is C10H15ClN4O3. The molecule has 1 aliphatic heterocycles. The van der Waals surface area contributed by atoms with Crippen LogP contribution in [-0.4, -0.2) is 44.7 Å². The maximum Gasteiger partial charge on any atom is 0.406 e. The molecule has 0 amide bonds. The Labute approximate surface area is 109 Å². The molecule has 1 aromatic rings. The van der Waals surface area contributed by atoms with Crippen LogP contribution in [0.25, 0.3) is 0 Å². The minimum absolute atomic E-state index is 0.0887. The van der Waals surface area contributed by atoms with Gasteiger partial charge in [0.25, 0.3) is 0 Å². The predicted octanol–water partition coefficient (Wildman–Crippen LogP) is 0.991. The van der Waals surface area contributed by atoms with Gasteiger partial charge in [0.05, 0.1) is 18.5 Å². The first-order valence-electron chi connectivity index (χ1n) is 5.82. The van der Waals surface area contributed by atoms with Crippen molar-refractivity contribution in [2.75, 3.05) is 23.9 Å². The second kappa shape index (κ2) is 5.53. The number of alkyl halides is 1. The number of halogens is 1. The Morgan fingerprint density at radius 1 is 1.56 bits per heavy atom. The summed E-state index contributed by atoms with van der Waals surface area (Å²) in [6.07, 6.45) is 2.68. The van der Waals surface area contributed by atoms with E-state index < -0.39 is 11.0 Å². The molecule has 18 heavy (non-hydrogen) atoms. The first-order chi connectivity index (χ1) is 8.63. The van der Waals surface area contributed by atoms with Crippen molar-refractivity contribution in [3.8, 4) is 0 Å². The second-order valence-corrected chi connectivity index (χ2v) is 4.61. The summed E-state index contributed by atoms with van der Waals surface area (Å²) in [4.78, 5) is 16.2. The van der Waals surface area contributed by atoms with Crippen molar-refractivity contribution < 1.29 is 10.0 Å². The van der Waals surface area contributed by atoms with Gasteiger partial charge in [0.1, 0.15) is 0 Å². The van der Waals surface area contributed by atoms with Gasteiger partial charge in [-0.2, -0.15) is 0 Å². The molecule has 1 N–H and O–H groups in total. The summed E-state index contributed by atoms with van der Waals surface area (Å²) in [5, 5.41) is 20.5. The summed E-state index contributed by atoms with van der Waals surface area (Å²) in [6.45, 7) is 1.78. The summed E-state index contributed by atoms with van der Waals surface area (Å²) in [7, 11) is 0. The van der Waals surface area contributed by atoms with Gasteiger partial charge in [-0.3, -0.25) is 4.57 Å². The SMILES string of the molecule is O=[N+]([O-])c1ncn(CC(O)CCl)c1N1CCCC1. The van der Waals surface area contributed by atoms with Crippen molar-refractivity contribution in [2.45, 2.75) is 25.5 Å². The zero-order chi connectivity index (χ0) is 13.1. The highest BCUT2D eigenvalue weighted by molar-refractivity contribution is 6.18. The first kappa shape index (κ1) is 13.1. The summed E-state index contributed by atoms with van der Waals surface area (Å²) >= 11 is 5.55. The number of nitrogens with zero attached hydrogens (tertiary/aromatic N) is 4. The zero-order valence-corrected chi connectivity index (χ0v) is 10.6. The average molecular weight is 275 g/mol. The molecule has 1 unspecified atom stereocenters. The molecule has 8 heteroatoms. The first-order valence-corrected chi connectivity index (χ1v) is 6.35. The maximum absolute atomic E-state index is 11.0. The molecule has 1 aromatic heterocycles. The number of hydrogen-bond donors (Lipinski definition) is 1. The molecule has 0 aliphatic carbocycles. The van der Waals surface area contributed by atoms with Gasteiger partial charge in [0.15, 0.2) is 0 Å². The van der Waals surface area contributed by atoms with Crippen LogP contribution in [0.4, 0.5) is 11.6 Å². The fraction of sp³-hybridized carbons (Fsp3) is 0.700. The summed E-state index contributed by atoms with van der Waals surface area (Å²) in [6, 6.07) is 0. The van der Waals surface area contributed by atoms with Gasteiger partial charge in [-0.25, -0.2) is 0 Å². The van der Waals surface area contributed by atoms with Crippen LogP contribution in [0.3, 0.4) is 0 Å². The fourth-order valence-electron chi connectivity index (χ4n) is 2.16. The number of aliphatic hydroxyl groups excluding tert-OH is 1. The van der Waals surface area contributed by atoms with E-state index in [1.54, 1.807) is 4.57 Å². The molecule has 1 fully saturated rings. The van der Waals surface area contributed by atoms with Crippen LogP contribution in [0.5, 0.6) is 0 Å². The minimum atomic E-state index is -0.734. The molecule has 1 saturated heterocycles. The second-order valence-electron chi connectivity index (χ2n) is 4.30. The summed E-state index contributed by atoms with van der Waals surface area (Å²) < 4.78 is 1.61. The van der Waals surface area contributed by atoms with E-state index in [0.29, 0.717) is 5.82 Å². The van der Waals surface area contributed by atoms with E-state index in [1.807, 2.05) is 4.90 Å². The Bertz CT molecular complexity index is 431. The van der Waals surface area contributed by atoms with Crippen LogP contribution in [0.15, 0.2) is 6.33 Å². The van der Waals surface area contributed by atoms with Gasteiger partial charge < -0.3 is 20.1 Å². The Morgan fingerprint density at radius 3 is 2.78 bits per heavy atom. The van der Waals surface area contributed by atoms with E-state index in [9.17, 15) is 15.2 Å². The molecule has 1 aliphatic rings. The minimum Gasteiger partial charge on any atom is -0.390 e. The van der Waals surface area contributed by atoms with E-state index >= 15 is 0 Å². The van der Waals surface area contributed by atoms with Gasteiger partial charge in [0, 0.05) is 13.1 Å². The van der Waals surface area contributed by atoms with Crippen molar-refractivity contribution in [3.63, 3.8) is 0 Å². The number of nitro groups is 1. The van der Waals surface area contributed by atoms with Crippen LogP contribution in [0, 0.1) is 10.1 Å². The number of hydrogen-bond acceptors (Lipinski definition) is 5. The van der Waals surface area contributed by atoms with Crippen molar-refractivity contribution in [3.05, 3.63) is 16.4 Å². The average Bonchev–Trinajstić information content (AvgIpc) is 2.96. The van der Waals surface area contributed by atoms with Crippen LogP contribution < -0.4 is 4.90 Å². The number of rotatable bonds is 5. The third-order valence-electron chi connectivity index (χ3n) is 2.96. The molecule has 0 radical (unpaired) electrons. The largest absolute Gasteiger partial charge is 0.406 e. The smallest absolute Gasteiger partial charge is 0.390 e. The predicted molar refractivity (Wildman–Crippen MR) is 67.1 cm³/mol. The zero-order valence-electron chi connectivity index (χ0n) is 9.83. The third-order valence-corrected chi connectivity index (χ3v) is 3.31. The van der Waals surface area contributed by atoms with Gasteiger partial charge in [-0.05, 0) is 22.7 Å². The fourth-order valence-corrected chi connectivity index (χ4v) is 2.25. The lowest BCUT2D eigenvalue weighted by Crippen LogP contribution is -2.25. The van der Waals surface area contributed by atoms with Crippen molar-refractivity contribution in [1.82, 2.24) is 9.55 Å². The highest BCUT2D eigenvalue weighted by Gasteiger charge is 2.29. The topological polar surface area (TPSA) is 84.4 Å². The molecule has 2 rings (SSSR count). The molecule has 100 valence electrons. The highest BCUT2D eigenvalue weighted by Crippen LogP contribution is 2.29. The lowest BCUT2D eigenvalue weighted by atomic mass is 10.4. The lowest BCUT2D eigenvalue weighted by Gasteiger charge is -2.19. The normalized spacial score (nSPS) is 17.1. The molecule has 0 spiro atoms. The van der Waals surface area contributed by atoms with Crippen LogP contribution in [0.2, 0.25) is 0 Å². The Hall–Kier alpha value is -1.34. The van der Waals surface area contributed by atoms with E-state index in [4.69, 9.17) is 11.6 Å². The summed E-state index contributed by atoms with van der Waals surface area (Å²) in [5.41, 5.74) is 0. The standard InChI is InChI=1S/C10H15ClN4O3/c11-5-8(16)6-14-7-12-9(15(17)18)10(14)13-3-1-2-4-13/h7-8,16H,1-6H2. The molecule has 0 saturated carbocycles. The third kappa shape index (κ3) is 2.56. The van der Waals surface area contributed by atoms with Crippen molar-refractivity contribution >= 4 is 23.2 Å². The molecule has 1 atom stereocenters. The maximum atomic E-state index is 11.0. The molecule has 0 aromatic carbocycles. The summed E-state index contributed by atoms with van der Waals surface area (Å²) in [5.74, 6) is 0.408. The molecule has 0 bridgehead atoms. The molecular weight excluding hydrogens is 260 g/mol. The van der Waals surface area contributed by atoms with Gasteiger partial charge >= 0.3 is 5.82 Å². The Morgan fingerprint density at radius 2 is 2.22 bits per heavy atom.